The van der Waals surface area contributed by atoms with Gasteiger partial charge < -0.3 is 24.0 Å². The van der Waals surface area contributed by atoms with E-state index in [0.29, 0.717) is 19.0 Å². The lowest BCUT2D eigenvalue weighted by molar-refractivity contribution is -0.284. The largest absolute Gasteiger partial charge is 1.00 e. The third kappa shape index (κ3) is 6.07. The Bertz CT molecular complexity index is 834. The number of benzene rings is 3. The molecule has 0 unspecified atom stereocenters. The van der Waals surface area contributed by atoms with E-state index in [9.17, 15) is 22.0 Å². The van der Waals surface area contributed by atoms with E-state index in [1.807, 2.05) is 54.6 Å². The van der Waals surface area contributed by atoms with Gasteiger partial charge in [-0.05, 0) is 55.7 Å². The summed E-state index contributed by atoms with van der Waals surface area (Å²) >= 11 is 0. The number of rotatable bonds is 9. The molecule has 0 N–H and O–H groups in total. The van der Waals surface area contributed by atoms with Gasteiger partial charge in [0, 0.05) is 6.42 Å². The van der Waals surface area contributed by atoms with E-state index in [0.717, 1.165) is 0 Å². The Morgan fingerprint density at radius 3 is 1.25 bits per heavy atom. The lowest BCUT2D eigenvalue weighted by Crippen LogP contribution is -3.00. The van der Waals surface area contributed by atoms with Crippen molar-refractivity contribution in [2.45, 2.75) is 37.8 Å². The molecule has 0 saturated heterocycles. The summed E-state index contributed by atoms with van der Waals surface area (Å²) in [5.74, 6) is -4.63. The highest BCUT2D eigenvalue weighted by Gasteiger charge is 2.56. The predicted molar refractivity (Wildman–Crippen MR) is 119 cm³/mol. The van der Waals surface area contributed by atoms with Crippen molar-refractivity contribution in [3.8, 4) is 0 Å². The molecule has 0 nitrogen and oxygen atoms in total. The van der Waals surface area contributed by atoms with Gasteiger partial charge in [-0.3, -0.25) is 0 Å². The van der Waals surface area contributed by atoms with Crippen LogP contribution in [0.2, 0.25) is 0 Å². The highest BCUT2D eigenvalue weighted by molar-refractivity contribution is 7.95. The molecule has 0 aliphatic carbocycles. The Hall–Kier alpha value is -1.53. The molecule has 172 valence electrons. The van der Waals surface area contributed by atoms with E-state index in [1.165, 1.54) is 15.9 Å². The summed E-state index contributed by atoms with van der Waals surface area (Å²) in [5, 5.41) is 3.52. The zero-order valence-corrected chi connectivity index (χ0v) is 20.5. The molecule has 3 aromatic rings. The number of unbranched alkanes of at least 4 members (excludes halogenated alkanes) is 2. The van der Waals surface area contributed by atoms with Crippen LogP contribution >= 0.6 is 7.26 Å². The molecule has 0 amide bonds. The topological polar surface area (TPSA) is 0 Å². The van der Waals surface area contributed by atoms with Crippen molar-refractivity contribution in [2.75, 3.05) is 6.16 Å². The van der Waals surface area contributed by atoms with Crippen molar-refractivity contribution >= 4 is 23.2 Å². The molecule has 0 atom stereocenters. The fourth-order valence-electron chi connectivity index (χ4n) is 3.90. The molecule has 7 heteroatoms. The van der Waals surface area contributed by atoms with Gasteiger partial charge in [0.1, 0.15) is 23.2 Å². The second-order valence-electron chi connectivity index (χ2n) is 7.55. The number of halogens is 6. The normalized spacial score (nSPS) is 12.3. The molecule has 3 rings (SSSR count). The van der Waals surface area contributed by atoms with Crippen LogP contribution in [-0.4, -0.2) is 18.3 Å². The molecule has 0 spiro atoms. The smallest absolute Gasteiger partial charge is 0.453 e. The van der Waals surface area contributed by atoms with E-state index in [4.69, 9.17) is 0 Å². The minimum Gasteiger partial charge on any atom is -1.00 e. The van der Waals surface area contributed by atoms with Crippen LogP contribution in [0.25, 0.3) is 0 Å². The van der Waals surface area contributed by atoms with Gasteiger partial charge in [0.25, 0.3) is 0 Å². The van der Waals surface area contributed by atoms with Gasteiger partial charge >= 0.3 is 12.1 Å². The number of hydrogen-bond donors (Lipinski definition) is 0. The summed E-state index contributed by atoms with van der Waals surface area (Å²) in [7, 11) is -2.08. The third-order valence-corrected chi connectivity index (χ3v) is 10.0. The number of alkyl halides is 5. The van der Waals surface area contributed by atoms with Gasteiger partial charge in [-0.15, -0.1) is 0 Å². The van der Waals surface area contributed by atoms with E-state index in [2.05, 4.69) is 36.4 Å². The molecule has 32 heavy (non-hydrogen) atoms. The first-order valence-corrected chi connectivity index (χ1v) is 12.2. The molecule has 3 aromatic carbocycles. The molecule has 0 fully saturated rings. The van der Waals surface area contributed by atoms with Gasteiger partial charge in [0.05, 0.1) is 6.16 Å². The average Bonchev–Trinajstić information content (AvgIpc) is 2.77. The SMILES string of the molecule is FC(F)(F)C(F)(F)CCCCC[P+](c1ccccc1)(c1ccccc1)c1ccccc1.[I-]. The Labute approximate surface area is 203 Å². The van der Waals surface area contributed by atoms with Crippen LogP contribution in [0.3, 0.4) is 0 Å². The molecular weight excluding hydrogens is 553 g/mol. The van der Waals surface area contributed by atoms with E-state index in [-0.39, 0.29) is 30.4 Å². The average molecular weight is 578 g/mol. The Kier molecular flexibility index (Phi) is 9.65. The van der Waals surface area contributed by atoms with Crippen molar-refractivity contribution in [1.82, 2.24) is 0 Å². The molecular formula is C25H25F5IP. The van der Waals surface area contributed by atoms with Crippen LogP contribution < -0.4 is 39.9 Å². The monoisotopic (exact) mass is 578 g/mol. The van der Waals surface area contributed by atoms with Crippen LogP contribution in [0.4, 0.5) is 22.0 Å². The molecule has 0 heterocycles. The maximum atomic E-state index is 13.3. The maximum Gasteiger partial charge on any atom is 0.453 e. The van der Waals surface area contributed by atoms with Crippen molar-refractivity contribution < 1.29 is 45.9 Å². The standard InChI is InChI=1S/C25H25F5P.HI/c26-24(27,25(28,29)30)19-11-4-12-20-31(21-13-5-1-6-14-21,22-15-7-2-8-16-22)23-17-9-3-10-18-23;/h1-3,5-10,13-18H,4,11-12,19-20H2;1H/q+1;/p-1. The fraction of sp³-hybridized carbons (Fsp3) is 0.280. The van der Waals surface area contributed by atoms with Gasteiger partial charge in [-0.25, -0.2) is 0 Å². The van der Waals surface area contributed by atoms with Crippen LogP contribution in [0, 0.1) is 0 Å². The highest BCUT2D eigenvalue weighted by Crippen LogP contribution is 2.56. The van der Waals surface area contributed by atoms with Crippen LogP contribution in [0.5, 0.6) is 0 Å². The lowest BCUT2D eigenvalue weighted by Gasteiger charge is -2.28. The summed E-state index contributed by atoms with van der Waals surface area (Å²) < 4.78 is 63.9. The Balaban J connectivity index is 0.00000363. The quantitative estimate of drug-likeness (QED) is 0.157. The summed E-state index contributed by atoms with van der Waals surface area (Å²) in [6, 6.07) is 30.3. The summed E-state index contributed by atoms with van der Waals surface area (Å²) in [6.07, 6.45) is -5.21. The van der Waals surface area contributed by atoms with Gasteiger partial charge in [0.15, 0.2) is 0 Å². The van der Waals surface area contributed by atoms with Crippen LogP contribution in [-0.2, 0) is 0 Å². The fourth-order valence-corrected chi connectivity index (χ4v) is 8.31. The first-order valence-electron chi connectivity index (χ1n) is 10.3. The van der Waals surface area contributed by atoms with E-state index >= 15 is 0 Å². The Morgan fingerprint density at radius 1 is 0.531 bits per heavy atom. The third-order valence-electron chi connectivity index (χ3n) is 5.49. The van der Waals surface area contributed by atoms with Crippen molar-refractivity contribution in [1.29, 1.82) is 0 Å². The predicted octanol–water partition coefficient (Wildman–Crippen LogP) is 3.74. The second-order valence-corrected chi connectivity index (χ2v) is 11.2. The Morgan fingerprint density at radius 2 is 0.906 bits per heavy atom. The summed E-state index contributed by atoms with van der Waals surface area (Å²) in [5.41, 5.74) is 0. The minimum absolute atomic E-state index is 0. The van der Waals surface area contributed by atoms with E-state index < -0.39 is 25.8 Å². The molecule has 0 aliphatic heterocycles. The summed E-state index contributed by atoms with van der Waals surface area (Å²) in [4.78, 5) is 0. The van der Waals surface area contributed by atoms with Gasteiger partial charge in [-0.1, -0.05) is 54.6 Å². The zero-order chi connectivity index (χ0) is 22.4. The first-order chi connectivity index (χ1) is 14.8. The van der Waals surface area contributed by atoms with Crippen molar-refractivity contribution in [2.24, 2.45) is 0 Å². The lowest BCUT2D eigenvalue weighted by atomic mass is 10.1. The summed E-state index contributed by atoms with van der Waals surface area (Å²) in [6.45, 7) is 0. The van der Waals surface area contributed by atoms with E-state index in [1.54, 1.807) is 0 Å². The highest BCUT2D eigenvalue weighted by atomic mass is 127. The second kappa shape index (κ2) is 11.6. The van der Waals surface area contributed by atoms with Crippen molar-refractivity contribution in [3.05, 3.63) is 91.0 Å². The van der Waals surface area contributed by atoms with Gasteiger partial charge in [0.2, 0.25) is 0 Å². The molecule has 0 saturated carbocycles. The van der Waals surface area contributed by atoms with Gasteiger partial charge in [-0.2, -0.15) is 22.0 Å². The number of hydrogen-bond acceptors (Lipinski definition) is 0. The van der Waals surface area contributed by atoms with Crippen LogP contribution in [0.15, 0.2) is 91.0 Å². The van der Waals surface area contributed by atoms with Crippen molar-refractivity contribution in [3.63, 3.8) is 0 Å². The minimum atomic E-state index is -5.48. The molecule has 0 aliphatic rings. The molecule has 0 aromatic heterocycles. The first kappa shape index (κ1) is 26.7. The zero-order valence-electron chi connectivity index (χ0n) is 17.4. The maximum absolute atomic E-state index is 13.3. The van der Waals surface area contributed by atoms with Crippen LogP contribution in [0.1, 0.15) is 25.7 Å². The molecule has 0 radical (unpaired) electrons. The molecule has 0 bridgehead atoms.